The van der Waals surface area contributed by atoms with Crippen molar-refractivity contribution in [1.29, 1.82) is 0 Å². The molecule has 2 N–H and O–H groups in total. The zero-order valence-corrected chi connectivity index (χ0v) is 11.2. The number of ether oxygens (including phenoxy) is 2. The summed E-state index contributed by atoms with van der Waals surface area (Å²) in [4.78, 5) is 10.9. The van der Waals surface area contributed by atoms with Crippen molar-refractivity contribution >= 4 is 23.4 Å². The second kappa shape index (κ2) is 7.50. The molecule has 0 unspecified atom stereocenters. The van der Waals surface area contributed by atoms with Crippen molar-refractivity contribution in [1.82, 2.24) is 10.6 Å². The van der Waals surface area contributed by atoms with E-state index < -0.39 is 6.09 Å². The van der Waals surface area contributed by atoms with E-state index in [4.69, 9.17) is 17.0 Å². The summed E-state index contributed by atoms with van der Waals surface area (Å²) in [5, 5.41) is 5.54. The summed E-state index contributed by atoms with van der Waals surface area (Å²) in [6, 6.07) is 7.78. The largest absolute Gasteiger partial charge is 0.497 e. The van der Waals surface area contributed by atoms with Gasteiger partial charge in [0.05, 0.1) is 14.2 Å². The predicted octanol–water partition coefficient (Wildman–Crippen LogP) is 1.47. The number of nitrogens with one attached hydrogen (secondary N) is 2. The number of hydrogen-bond acceptors (Lipinski definition) is 4. The summed E-state index contributed by atoms with van der Waals surface area (Å²) in [6.45, 7) is 0.621. The van der Waals surface area contributed by atoms with Crippen molar-refractivity contribution in [2.75, 3.05) is 20.8 Å². The van der Waals surface area contributed by atoms with Gasteiger partial charge in [-0.15, -0.1) is 0 Å². The third-order valence-corrected chi connectivity index (χ3v) is 2.48. The monoisotopic (exact) mass is 268 g/mol. The van der Waals surface area contributed by atoms with E-state index in [1.54, 1.807) is 7.11 Å². The van der Waals surface area contributed by atoms with E-state index in [0.717, 1.165) is 17.7 Å². The van der Waals surface area contributed by atoms with Gasteiger partial charge in [-0.2, -0.15) is 0 Å². The summed E-state index contributed by atoms with van der Waals surface area (Å²) in [6.07, 6.45) is 0.203. The predicted molar refractivity (Wildman–Crippen MR) is 72.8 cm³/mol. The Hall–Kier alpha value is -1.82. The van der Waals surface area contributed by atoms with Crippen LogP contribution in [0.1, 0.15) is 5.56 Å². The number of carbonyl (C=O) groups is 1. The molecular weight excluding hydrogens is 252 g/mol. The highest BCUT2D eigenvalue weighted by Gasteiger charge is 2.02. The smallest absolute Gasteiger partial charge is 0.413 e. The van der Waals surface area contributed by atoms with E-state index in [1.165, 1.54) is 7.11 Å². The van der Waals surface area contributed by atoms with E-state index in [1.807, 2.05) is 24.3 Å². The molecule has 0 aliphatic heterocycles. The molecule has 0 aliphatic carbocycles. The highest BCUT2D eigenvalue weighted by atomic mass is 32.1. The molecule has 1 rings (SSSR count). The Labute approximate surface area is 111 Å². The van der Waals surface area contributed by atoms with Crippen LogP contribution in [0.25, 0.3) is 0 Å². The molecule has 18 heavy (non-hydrogen) atoms. The fourth-order valence-corrected chi connectivity index (χ4v) is 1.52. The average molecular weight is 268 g/mol. The second-order valence-electron chi connectivity index (χ2n) is 3.47. The normalized spacial score (nSPS) is 9.44. The van der Waals surface area contributed by atoms with Crippen LogP contribution in [0, 0.1) is 0 Å². The molecule has 5 nitrogen and oxygen atoms in total. The van der Waals surface area contributed by atoms with E-state index in [9.17, 15) is 4.79 Å². The Balaban J connectivity index is 2.32. The molecule has 0 saturated heterocycles. The quantitative estimate of drug-likeness (QED) is 0.810. The maximum Gasteiger partial charge on any atom is 0.413 e. The molecule has 0 radical (unpaired) electrons. The molecule has 1 amide bonds. The van der Waals surface area contributed by atoms with E-state index in [2.05, 4.69) is 15.4 Å². The molecule has 98 valence electrons. The van der Waals surface area contributed by atoms with Gasteiger partial charge in [-0.3, -0.25) is 5.32 Å². The van der Waals surface area contributed by atoms with Crippen molar-refractivity contribution in [3.05, 3.63) is 29.8 Å². The first-order chi connectivity index (χ1) is 8.65. The fourth-order valence-electron chi connectivity index (χ4n) is 1.34. The van der Waals surface area contributed by atoms with Gasteiger partial charge in [0.2, 0.25) is 0 Å². The van der Waals surface area contributed by atoms with E-state index in [-0.39, 0.29) is 5.11 Å². The Bertz CT molecular complexity index is 424. The minimum absolute atomic E-state index is 0.254. The summed E-state index contributed by atoms with van der Waals surface area (Å²) in [7, 11) is 2.92. The Morgan fingerprint density at radius 2 is 2.17 bits per heavy atom. The van der Waals surface area contributed by atoms with Crippen LogP contribution < -0.4 is 15.4 Å². The molecule has 0 heterocycles. The number of carbonyl (C=O) groups excluding carboxylic acids is 1. The van der Waals surface area contributed by atoms with Crippen LogP contribution in [-0.4, -0.2) is 32.0 Å². The topological polar surface area (TPSA) is 59.6 Å². The van der Waals surface area contributed by atoms with Crippen molar-refractivity contribution in [2.45, 2.75) is 6.42 Å². The molecule has 0 aromatic heterocycles. The molecule has 0 aliphatic rings. The standard InChI is InChI=1S/C12H16N2O3S/c1-16-10-5-3-4-9(8-10)6-7-13-11(18)14-12(15)17-2/h3-5,8H,6-7H2,1-2H3,(H2,13,14,15,18). The fraction of sp³-hybridized carbons (Fsp3) is 0.333. The molecule has 0 atom stereocenters. The van der Waals surface area contributed by atoms with Crippen LogP contribution in [0.4, 0.5) is 4.79 Å². The first kappa shape index (κ1) is 14.2. The zero-order valence-electron chi connectivity index (χ0n) is 10.4. The van der Waals surface area contributed by atoms with Gasteiger partial charge < -0.3 is 14.8 Å². The lowest BCUT2D eigenvalue weighted by Gasteiger charge is -2.09. The SMILES string of the molecule is COC(=O)NC(=S)NCCc1cccc(OC)c1. The van der Waals surface area contributed by atoms with Crippen molar-refractivity contribution < 1.29 is 14.3 Å². The van der Waals surface area contributed by atoms with Crippen LogP contribution in [-0.2, 0) is 11.2 Å². The lowest BCUT2D eigenvalue weighted by molar-refractivity contribution is 0.176. The van der Waals surface area contributed by atoms with Crippen LogP contribution >= 0.6 is 12.2 Å². The number of hydrogen-bond donors (Lipinski definition) is 2. The average Bonchev–Trinajstić information content (AvgIpc) is 2.38. The Kier molecular flexibility index (Phi) is 5.93. The van der Waals surface area contributed by atoms with Gasteiger partial charge in [-0.05, 0) is 36.3 Å². The summed E-state index contributed by atoms with van der Waals surface area (Å²) in [5.41, 5.74) is 1.13. The van der Waals surface area contributed by atoms with E-state index >= 15 is 0 Å². The van der Waals surface area contributed by atoms with Gasteiger partial charge in [-0.1, -0.05) is 12.1 Å². The van der Waals surface area contributed by atoms with Crippen LogP contribution in [0.2, 0.25) is 0 Å². The number of benzene rings is 1. The minimum atomic E-state index is -0.575. The lowest BCUT2D eigenvalue weighted by Crippen LogP contribution is -2.39. The molecule has 0 fully saturated rings. The highest BCUT2D eigenvalue weighted by molar-refractivity contribution is 7.80. The van der Waals surface area contributed by atoms with Gasteiger partial charge >= 0.3 is 6.09 Å². The van der Waals surface area contributed by atoms with Gasteiger partial charge in [0.25, 0.3) is 0 Å². The number of thiocarbonyl (C=S) groups is 1. The van der Waals surface area contributed by atoms with Crippen LogP contribution in [0.15, 0.2) is 24.3 Å². The maximum absolute atomic E-state index is 10.9. The summed E-state index contributed by atoms with van der Waals surface area (Å²) in [5.74, 6) is 0.822. The third kappa shape index (κ3) is 5.01. The second-order valence-corrected chi connectivity index (χ2v) is 3.88. The van der Waals surface area contributed by atoms with Gasteiger partial charge in [-0.25, -0.2) is 4.79 Å². The van der Waals surface area contributed by atoms with Crippen molar-refractivity contribution in [2.24, 2.45) is 0 Å². The number of methoxy groups -OCH3 is 2. The molecule has 0 spiro atoms. The maximum atomic E-state index is 10.9. The molecule has 0 bridgehead atoms. The van der Waals surface area contributed by atoms with Crippen LogP contribution in [0.3, 0.4) is 0 Å². The minimum Gasteiger partial charge on any atom is -0.497 e. The first-order valence-corrected chi connectivity index (χ1v) is 5.82. The van der Waals surface area contributed by atoms with Crippen LogP contribution in [0.5, 0.6) is 5.75 Å². The molecule has 1 aromatic carbocycles. The molecular formula is C12H16N2O3S. The van der Waals surface area contributed by atoms with Crippen molar-refractivity contribution in [3.63, 3.8) is 0 Å². The lowest BCUT2D eigenvalue weighted by atomic mass is 10.1. The molecule has 0 saturated carbocycles. The van der Waals surface area contributed by atoms with E-state index in [0.29, 0.717) is 6.54 Å². The Morgan fingerprint density at radius 3 is 2.83 bits per heavy atom. The third-order valence-electron chi connectivity index (χ3n) is 2.23. The number of rotatable bonds is 4. The molecule has 6 heteroatoms. The highest BCUT2D eigenvalue weighted by Crippen LogP contribution is 2.12. The summed E-state index contributed by atoms with van der Waals surface area (Å²) >= 11 is 4.91. The first-order valence-electron chi connectivity index (χ1n) is 5.41. The summed E-state index contributed by atoms with van der Waals surface area (Å²) < 4.78 is 9.55. The van der Waals surface area contributed by atoms with Crippen molar-refractivity contribution in [3.8, 4) is 5.75 Å². The van der Waals surface area contributed by atoms with Gasteiger partial charge in [0.1, 0.15) is 5.75 Å². The van der Waals surface area contributed by atoms with Gasteiger partial charge in [0, 0.05) is 6.54 Å². The Morgan fingerprint density at radius 1 is 1.39 bits per heavy atom. The van der Waals surface area contributed by atoms with Gasteiger partial charge in [0.15, 0.2) is 5.11 Å². The molecule has 1 aromatic rings. The zero-order chi connectivity index (χ0) is 13.4. The number of alkyl carbamates (subject to hydrolysis) is 1. The number of amides is 1.